The number of rotatable bonds is 7. The predicted molar refractivity (Wildman–Crippen MR) is 124 cm³/mol. The van der Waals surface area contributed by atoms with Gasteiger partial charge in [-0.1, -0.05) is 49.7 Å². The molecular weight excluding hydrogens is 408 g/mol. The Morgan fingerprint density at radius 2 is 1.97 bits per heavy atom. The van der Waals surface area contributed by atoms with Crippen LogP contribution < -0.4 is 0 Å². The average Bonchev–Trinajstić information content (AvgIpc) is 3.02. The number of aliphatic hydroxyl groups excluding tert-OH is 1. The second-order valence-corrected chi connectivity index (χ2v) is 10.6. The van der Waals surface area contributed by atoms with Crippen molar-refractivity contribution >= 4 is 11.4 Å². The number of ether oxygens (including phenoxy) is 1. The Morgan fingerprint density at radius 3 is 2.59 bits per heavy atom. The highest BCUT2D eigenvalue weighted by Gasteiger charge is 2.57. The first-order chi connectivity index (χ1) is 15.1. The van der Waals surface area contributed by atoms with Crippen LogP contribution in [0.3, 0.4) is 0 Å². The predicted octanol–water partition coefficient (Wildman–Crippen LogP) is 4.15. The van der Waals surface area contributed by atoms with E-state index in [1.807, 2.05) is 26.0 Å². The van der Waals surface area contributed by atoms with Gasteiger partial charge in [0.05, 0.1) is 12.7 Å². The minimum Gasteiger partial charge on any atom is -0.411 e. The van der Waals surface area contributed by atoms with Crippen LogP contribution in [0, 0.1) is 28.6 Å². The second kappa shape index (κ2) is 9.27. The first-order valence-corrected chi connectivity index (χ1v) is 11.9. The maximum atomic E-state index is 11.7. The molecule has 0 amide bonds. The molecule has 7 atom stereocenters. The third-order valence-corrected chi connectivity index (χ3v) is 8.58. The Bertz CT molecular complexity index is 821. The number of nitrogens with zero attached hydrogens (tertiary/aromatic N) is 2. The van der Waals surface area contributed by atoms with Gasteiger partial charge in [-0.05, 0) is 68.9 Å². The Balaban J connectivity index is 1.91. The highest BCUT2D eigenvalue weighted by molar-refractivity contribution is 6.05. The molecule has 7 heteroatoms. The molecule has 0 spiro atoms. The van der Waals surface area contributed by atoms with Gasteiger partial charge in [0.2, 0.25) is 0 Å². The van der Waals surface area contributed by atoms with E-state index in [1.165, 1.54) is 5.57 Å². The summed E-state index contributed by atoms with van der Waals surface area (Å²) in [5.74, 6) is 0.537. The summed E-state index contributed by atoms with van der Waals surface area (Å²) in [5, 5.41) is 49.0. The third kappa shape index (κ3) is 4.03. The van der Waals surface area contributed by atoms with Crippen molar-refractivity contribution in [2.45, 2.75) is 78.4 Å². The van der Waals surface area contributed by atoms with Gasteiger partial charge in [-0.25, -0.2) is 0 Å². The molecule has 3 rings (SSSR count). The fraction of sp³-hybridized carbons (Fsp3) is 0.760. The molecule has 0 aromatic rings. The minimum absolute atomic E-state index is 0.0514. The molecule has 0 saturated heterocycles. The maximum Gasteiger partial charge on any atom is 0.115 e. The first kappa shape index (κ1) is 24.9. The molecule has 3 aliphatic rings. The lowest BCUT2D eigenvalue weighted by Gasteiger charge is -2.52. The van der Waals surface area contributed by atoms with Crippen LogP contribution in [0.1, 0.15) is 66.7 Å². The quantitative estimate of drug-likeness (QED) is 0.265. The van der Waals surface area contributed by atoms with Gasteiger partial charge in [0.25, 0.3) is 0 Å². The number of oxime groups is 2. The summed E-state index contributed by atoms with van der Waals surface area (Å²) in [6, 6.07) is 0. The lowest BCUT2D eigenvalue weighted by molar-refractivity contribution is -0.0669. The normalized spacial score (nSPS) is 42.1. The van der Waals surface area contributed by atoms with Crippen molar-refractivity contribution in [2.24, 2.45) is 38.9 Å². The monoisotopic (exact) mass is 448 g/mol. The van der Waals surface area contributed by atoms with Crippen molar-refractivity contribution < 1.29 is 25.4 Å². The molecule has 0 aromatic heterocycles. The molecule has 0 heterocycles. The van der Waals surface area contributed by atoms with Crippen LogP contribution in [0.4, 0.5) is 0 Å². The van der Waals surface area contributed by atoms with Crippen molar-refractivity contribution in [3.8, 4) is 0 Å². The molecule has 0 bridgehead atoms. The smallest absolute Gasteiger partial charge is 0.115 e. The molecule has 32 heavy (non-hydrogen) atoms. The van der Waals surface area contributed by atoms with E-state index in [0.717, 1.165) is 19.3 Å². The van der Waals surface area contributed by atoms with E-state index in [1.54, 1.807) is 0 Å². The number of hydrogen-bond donors (Lipinski definition) is 4. The summed E-state index contributed by atoms with van der Waals surface area (Å²) in [6.45, 7) is 10.9. The highest BCUT2D eigenvalue weighted by atomic mass is 16.5. The summed E-state index contributed by atoms with van der Waals surface area (Å²) >= 11 is 0. The van der Waals surface area contributed by atoms with E-state index in [4.69, 9.17) is 4.74 Å². The maximum absolute atomic E-state index is 11.7. The molecule has 0 aromatic carbocycles. The molecule has 180 valence electrons. The number of allylic oxidation sites excluding steroid dienone is 4. The van der Waals surface area contributed by atoms with Crippen LogP contribution in [0.25, 0.3) is 0 Å². The standard InChI is InChI=1S/C25H40N2O5/c1-6-32-15-21(27-31)25(29)10-7-9-23(25,4)14-20(28)22-17(3)12-16(2)19-13-18(26-30)8-11-24(19,22)5/h8,11,13,16-17,20,22,28-31H,6-7,9-10,12,14-15H2,1-5H3/b26-18?,27-21+/t16-,17+,20-,22+,23+,24-,25-/m0/s1. The fourth-order valence-corrected chi connectivity index (χ4v) is 6.98. The lowest BCUT2D eigenvalue weighted by atomic mass is 9.53. The zero-order chi connectivity index (χ0) is 23.7. The highest BCUT2D eigenvalue weighted by Crippen LogP contribution is 2.57. The van der Waals surface area contributed by atoms with Crippen molar-refractivity contribution in [1.29, 1.82) is 0 Å². The Morgan fingerprint density at radius 1 is 1.25 bits per heavy atom. The minimum atomic E-state index is -1.32. The summed E-state index contributed by atoms with van der Waals surface area (Å²) < 4.78 is 5.45. The van der Waals surface area contributed by atoms with Gasteiger partial charge in [0, 0.05) is 17.4 Å². The Labute approximate surface area is 191 Å². The van der Waals surface area contributed by atoms with Crippen molar-refractivity contribution in [3.05, 3.63) is 23.8 Å². The number of hydrogen-bond acceptors (Lipinski definition) is 7. The van der Waals surface area contributed by atoms with Crippen molar-refractivity contribution in [3.63, 3.8) is 0 Å². The zero-order valence-corrected chi connectivity index (χ0v) is 20.1. The first-order valence-electron chi connectivity index (χ1n) is 11.9. The Kier molecular flexibility index (Phi) is 7.23. The van der Waals surface area contributed by atoms with Gasteiger partial charge in [-0.2, -0.15) is 0 Å². The van der Waals surface area contributed by atoms with Gasteiger partial charge >= 0.3 is 0 Å². The summed E-state index contributed by atoms with van der Waals surface area (Å²) in [7, 11) is 0. The largest absolute Gasteiger partial charge is 0.411 e. The van der Waals surface area contributed by atoms with Gasteiger partial charge in [-0.3, -0.25) is 0 Å². The van der Waals surface area contributed by atoms with Crippen LogP contribution in [0.2, 0.25) is 0 Å². The van der Waals surface area contributed by atoms with Crippen LogP contribution in [0.15, 0.2) is 34.1 Å². The molecule has 2 fully saturated rings. The van der Waals surface area contributed by atoms with Gasteiger partial charge in [0.1, 0.15) is 17.0 Å². The van der Waals surface area contributed by atoms with E-state index >= 15 is 0 Å². The Hall–Kier alpha value is -1.70. The van der Waals surface area contributed by atoms with Crippen LogP contribution in [-0.2, 0) is 4.74 Å². The van der Waals surface area contributed by atoms with Gasteiger partial charge in [0.15, 0.2) is 0 Å². The van der Waals surface area contributed by atoms with E-state index < -0.39 is 17.1 Å². The number of fused-ring (bicyclic) bond motifs is 1. The van der Waals surface area contributed by atoms with Crippen molar-refractivity contribution in [2.75, 3.05) is 13.2 Å². The van der Waals surface area contributed by atoms with E-state index in [2.05, 4.69) is 37.2 Å². The summed E-state index contributed by atoms with van der Waals surface area (Å²) in [6.07, 6.45) is 8.52. The average molecular weight is 449 g/mol. The number of aliphatic hydroxyl groups is 2. The van der Waals surface area contributed by atoms with Crippen LogP contribution in [-0.4, -0.2) is 57.0 Å². The van der Waals surface area contributed by atoms with Gasteiger partial charge < -0.3 is 25.4 Å². The van der Waals surface area contributed by atoms with Crippen molar-refractivity contribution in [1.82, 2.24) is 0 Å². The summed E-state index contributed by atoms with van der Waals surface area (Å²) in [5.41, 5.74) is -0.368. The van der Waals surface area contributed by atoms with E-state index in [-0.39, 0.29) is 29.6 Å². The molecule has 0 unspecified atom stereocenters. The lowest BCUT2D eigenvalue weighted by Crippen LogP contribution is -2.54. The van der Waals surface area contributed by atoms with E-state index in [9.17, 15) is 20.6 Å². The third-order valence-electron chi connectivity index (χ3n) is 8.58. The second-order valence-electron chi connectivity index (χ2n) is 10.6. The van der Waals surface area contributed by atoms with Crippen LogP contribution >= 0.6 is 0 Å². The molecule has 2 saturated carbocycles. The zero-order valence-electron chi connectivity index (χ0n) is 20.1. The molecule has 3 aliphatic carbocycles. The van der Waals surface area contributed by atoms with Crippen LogP contribution in [0.5, 0.6) is 0 Å². The van der Waals surface area contributed by atoms with Gasteiger partial charge in [-0.15, -0.1) is 0 Å². The topological polar surface area (TPSA) is 115 Å². The SMILES string of the molecule is CCOC/C(=N\O)[C@@]1(O)CCC[C@]1(C)C[C@H](O)[C@H]1[C@H](C)C[C@H](C)C2=CC(=NO)C=C[C@@]21C. The molecule has 0 aliphatic heterocycles. The molecule has 4 N–H and O–H groups in total. The molecule has 7 nitrogen and oxygen atoms in total. The molecule has 0 radical (unpaired) electrons. The van der Waals surface area contributed by atoms with E-state index in [0.29, 0.717) is 31.1 Å². The fourth-order valence-electron chi connectivity index (χ4n) is 6.98. The summed E-state index contributed by atoms with van der Waals surface area (Å²) in [4.78, 5) is 0. The molecular formula is C25H40N2O5.